The van der Waals surface area contributed by atoms with Crippen molar-refractivity contribution in [2.75, 3.05) is 32.8 Å². The number of benzene rings is 2. The summed E-state index contributed by atoms with van der Waals surface area (Å²) < 4.78 is 37.1. The van der Waals surface area contributed by atoms with E-state index < -0.39 is 11.7 Å². The lowest BCUT2D eigenvalue weighted by atomic mass is 9.82. The summed E-state index contributed by atoms with van der Waals surface area (Å²) in [4.78, 5) is 21.6. The van der Waals surface area contributed by atoms with Crippen LogP contribution in [0.25, 0.3) is 27.2 Å². The maximum Gasteiger partial charge on any atom is 0.279 e. The number of hydrogen-bond donors (Lipinski definition) is 3. The van der Waals surface area contributed by atoms with Gasteiger partial charge in [-0.25, -0.2) is 13.8 Å². The number of fused-ring (bicyclic) bond motifs is 5. The van der Waals surface area contributed by atoms with E-state index >= 15 is 0 Å². The lowest BCUT2D eigenvalue weighted by Gasteiger charge is -2.40. The van der Waals surface area contributed by atoms with Crippen LogP contribution in [-0.2, 0) is 6.42 Å². The number of alkyl halides is 1. The maximum atomic E-state index is 15.0. The topological polar surface area (TPSA) is 105 Å². The van der Waals surface area contributed by atoms with Gasteiger partial charge < -0.3 is 20.5 Å². The van der Waals surface area contributed by atoms with E-state index in [1.165, 1.54) is 16.8 Å². The minimum absolute atomic E-state index is 0.0441. The number of nitrogens with one attached hydrogen (secondary N) is 2. The van der Waals surface area contributed by atoms with Gasteiger partial charge in [-0.15, -0.1) is 0 Å². The van der Waals surface area contributed by atoms with Crippen LogP contribution in [0.2, 0.25) is 0 Å². The van der Waals surface area contributed by atoms with Gasteiger partial charge in [0.05, 0.1) is 28.5 Å². The molecule has 0 saturated carbocycles. The van der Waals surface area contributed by atoms with Crippen molar-refractivity contribution in [2.24, 2.45) is 0 Å². The van der Waals surface area contributed by atoms with Crippen molar-refractivity contribution in [3.8, 4) is 17.3 Å². The summed E-state index contributed by atoms with van der Waals surface area (Å²) in [6, 6.07) is 8.28. The maximum absolute atomic E-state index is 15.0. The predicted octanol–water partition coefficient (Wildman–Crippen LogP) is 4.10. The molecule has 3 N–H and O–H groups in total. The van der Waals surface area contributed by atoms with Crippen LogP contribution in [0.5, 0.6) is 11.6 Å². The summed E-state index contributed by atoms with van der Waals surface area (Å²) in [6.45, 7) is 5.20. The number of hydrogen-bond acceptors (Lipinski definition) is 8. The lowest BCUT2D eigenvalue weighted by Crippen LogP contribution is -2.58. The summed E-state index contributed by atoms with van der Waals surface area (Å²) in [7, 11) is 0. The molecular weight excluding hydrogens is 578 g/mol. The average molecular weight is 617 g/mol. The van der Waals surface area contributed by atoms with Gasteiger partial charge in [-0.3, -0.25) is 9.69 Å². The van der Waals surface area contributed by atoms with E-state index in [0.717, 1.165) is 51.0 Å². The molecule has 4 atom stereocenters. The number of aryl methyl sites for hydroxylation is 1. The second-order valence-corrected chi connectivity index (χ2v) is 13.4. The molecule has 8 rings (SSSR count). The quantitative estimate of drug-likeness (QED) is 0.298. The minimum Gasteiger partial charge on any atom is -0.508 e. The Morgan fingerprint density at radius 2 is 1.98 bits per heavy atom. The molecule has 0 aliphatic carbocycles. The summed E-state index contributed by atoms with van der Waals surface area (Å²) in [5.41, 5.74) is 0.799. The number of piperidine rings is 1. The third-order valence-electron chi connectivity index (χ3n) is 10.5. The number of pyridine rings is 1. The van der Waals surface area contributed by atoms with E-state index in [2.05, 4.69) is 20.6 Å². The molecule has 2 aromatic carbocycles. The molecule has 4 aromatic rings. The summed E-state index contributed by atoms with van der Waals surface area (Å²) >= 11 is 0. The predicted molar refractivity (Wildman–Crippen MR) is 168 cm³/mol. The number of nitrogens with zero attached hydrogens (tertiary/aromatic N) is 4. The van der Waals surface area contributed by atoms with Gasteiger partial charge in [0.1, 0.15) is 24.3 Å². The fourth-order valence-electron chi connectivity index (χ4n) is 8.54. The zero-order valence-corrected chi connectivity index (χ0v) is 25.4. The smallest absolute Gasteiger partial charge is 0.279 e. The normalized spacial score (nSPS) is 28.2. The Bertz CT molecular complexity index is 1850. The van der Waals surface area contributed by atoms with Crippen molar-refractivity contribution in [2.45, 2.75) is 75.2 Å². The molecule has 236 valence electrons. The van der Waals surface area contributed by atoms with Gasteiger partial charge in [-0.05, 0) is 61.7 Å². The standard InChI is InChI=1S/C34H38F2N6O3/c1-2-25-28(36)5-4-19-10-24(43)11-29(31(19)25)42-33(44)26-12-30(45-18-34-6-3-7-41(34)17-21(35)13-34)40-32(27(26)16-38-42)20-8-22-14-37-15-23(9-20)39-22/h4-5,10-12,16,20-23,37,39,43H,2-3,6-9,13-15,17-18H2,1H3/t20?,21-,22?,23?,34+/m1/s1. The van der Waals surface area contributed by atoms with Gasteiger partial charge in [0.25, 0.3) is 5.56 Å². The van der Waals surface area contributed by atoms with Crippen molar-refractivity contribution in [3.63, 3.8) is 0 Å². The Hall–Kier alpha value is -3.67. The van der Waals surface area contributed by atoms with Gasteiger partial charge >= 0.3 is 0 Å². The monoisotopic (exact) mass is 616 g/mol. The SMILES string of the molecule is CCc1c(F)ccc2cc(O)cc(-n3ncc4c(C5CC6CNCC(C5)N6)nc(OC[C@@]56CCCN5C[C@H](F)C6)cc4c3=O)c12. The van der Waals surface area contributed by atoms with Crippen LogP contribution in [-0.4, -0.2) is 81.4 Å². The number of aromatic hydroxyl groups is 1. The zero-order valence-electron chi connectivity index (χ0n) is 25.4. The van der Waals surface area contributed by atoms with E-state index in [4.69, 9.17) is 9.72 Å². The van der Waals surface area contributed by atoms with Crippen LogP contribution in [0.4, 0.5) is 8.78 Å². The Balaban J connectivity index is 1.27. The molecule has 0 amide bonds. The first-order valence-electron chi connectivity index (χ1n) is 16.2. The molecule has 45 heavy (non-hydrogen) atoms. The fraction of sp³-hybridized carbons (Fsp3) is 0.500. The van der Waals surface area contributed by atoms with Gasteiger partial charge in [0, 0.05) is 67.0 Å². The van der Waals surface area contributed by atoms with E-state index in [0.29, 0.717) is 76.8 Å². The summed E-state index contributed by atoms with van der Waals surface area (Å²) in [5, 5.41) is 24.6. The van der Waals surface area contributed by atoms with Crippen molar-refractivity contribution >= 4 is 21.5 Å². The number of piperazine rings is 1. The van der Waals surface area contributed by atoms with Crippen molar-refractivity contribution < 1.29 is 18.6 Å². The van der Waals surface area contributed by atoms with Crippen LogP contribution in [0.15, 0.2) is 41.3 Å². The Morgan fingerprint density at radius 3 is 2.78 bits per heavy atom. The van der Waals surface area contributed by atoms with E-state index in [1.54, 1.807) is 24.4 Å². The lowest BCUT2D eigenvalue weighted by molar-refractivity contribution is 0.110. The van der Waals surface area contributed by atoms with Crippen molar-refractivity contribution in [3.05, 3.63) is 64.0 Å². The molecule has 0 spiro atoms. The van der Waals surface area contributed by atoms with Crippen LogP contribution in [0.3, 0.4) is 0 Å². The fourth-order valence-corrected chi connectivity index (χ4v) is 8.54. The van der Waals surface area contributed by atoms with Crippen LogP contribution in [0.1, 0.15) is 56.2 Å². The Morgan fingerprint density at radius 1 is 1.16 bits per heavy atom. The number of aromatic nitrogens is 3. The van der Waals surface area contributed by atoms with Crippen molar-refractivity contribution in [1.82, 2.24) is 30.3 Å². The van der Waals surface area contributed by atoms with Gasteiger partial charge in [0.2, 0.25) is 5.88 Å². The second-order valence-electron chi connectivity index (χ2n) is 13.4. The van der Waals surface area contributed by atoms with E-state index in [9.17, 15) is 18.7 Å². The summed E-state index contributed by atoms with van der Waals surface area (Å²) in [5.74, 6) is 0.0226. The van der Waals surface area contributed by atoms with E-state index in [1.807, 2.05) is 6.92 Å². The molecule has 0 radical (unpaired) electrons. The Kier molecular flexibility index (Phi) is 7.03. The van der Waals surface area contributed by atoms with Gasteiger partial charge in [0.15, 0.2) is 0 Å². The third kappa shape index (κ3) is 4.87. The number of rotatable bonds is 6. The molecule has 2 aromatic heterocycles. The number of ether oxygens (including phenoxy) is 1. The largest absolute Gasteiger partial charge is 0.508 e. The molecule has 9 nitrogen and oxygen atoms in total. The average Bonchev–Trinajstić information content (AvgIpc) is 3.55. The highest BCUT2D eigenvalue weighted by Crippen LogP contribution is 2.41. The molecule has 4 aliphatic heterocycles. The number of phenols is 1. The highest BCUT2D eigenvalue weighted by Gasteiger charge is 2.49. The van der Waals surface area contributed by atoms with Crippen molar-refractivity contribution in [1.29, 1.82) is 0 Å². The zero-order chi connectivity index (χ0) is 30.9. The molecule has 4 aliphatic rings. The van der Waals surface area contributed by atoms with E-state index in [-0.39, 0.29) is 23.0 Å². The number of halogens is 2. The first-order chi connectivity index (χ1) is 21.8. The molecule has 11 heteroatoms. The second kappa shape index (κ2) is 11.0. The molecule has 2 bridgehead atoms. The summed E-state index contributed by atoms with van der Waals surface area (Å²) in [6.07, 6.45) is 5.23. The molecular formula is C34H38F2N6O3. The Labute approximate surface area is 259 Å². The molecule has 6 heterocycles. The third-order valence-corrected chi connectivity index (χ3v) is 10.5. The molecule has 4 saturated heterocycles. The minimum atomic E-state index is -0.870. The highest BCUT2D eigenvalue weighted by atomic mass is 19.1. The van der Waals surface area contributed by atoms with Gasteiger partial charge in [-0.1, -0.05) is 13.0 Å². The highest BCUT2D eigenvalue weighted by molar-refractivity contribution is 5.95. The first-order valence-corrected chi connectivity index (χ1v) is 16.2. The van der Waals surface area contributed by atoms with Crippen LogP contribution < -0.4 is 20.9 Å². The molecule has 2 unspecified atom stereocenters. The number of phenolic OH excluding ortho intramolecular Hbond substituents is 1. The molecule has 4 fully saturated rings. The van der Waals surface area contributed by atoms with Crippen LogP contribution >= 0.6 is 0 Å². The first kappa shape index (κ1) is 28.8. The van der Waals surface area contributed by atoms with Gasteiger partial charge in [-0.2, -0.15) is 9.78 Å². The van der Waals surface area contributed by atoms with Crippen LogP contribution in [0, 0.1) is 5.82 Å².